The zero-order chi connectivity index (χ0) is 14.5. The average molecular weight is 276 g/mol. The number of benzene rings is 1. The second kappa shape index (κ2) is 6.23. The molecule has 1 aromatic heterocycles. The summed E-state index contributed by atoms with van der Waals surface area (Å²) in [5.74, 6) is -1.23. The molecule has 20 heavy (non-hydrogen) atoms. The topological polar surface area (TPSA) is 69.7 Å². The van der Waals surface area contributed by atoms with Crippen molar-refractivity contribution < 1.29 is 18.4 Å². The van der Waals surface area contributed by atoms with E-state index in [2.05, 4.69) is 0 Å². The predicted molar refractivity (Wildman–Crippen MR) is 71.3 cm³/mol. The summed E-state index contributed by atoms with van der Waals surface area (Å²) in [5, 5.41) is 0. The minimum Gasteiger partial charge on any atom is -0.455 e. The molecule has 0 aliphatic rings. The van der Waals surface area contributed by atoms with Gasteiger partial charge in [0.25, 0.3) is 5.76 Å². The molecule has 0 radical (unpaired) electrons. The Morgan fingerprint density at radius 1 is 1.20 bits per heavy atom. The average Bonchev–Trinajstić information content (AvgIpc) is 2.77. The molecule has 0 atom stereocenters. The Morgan fingerprint density at radius 2 is 1.90 bits per heavy atom. The Labute approximate surface area is 116 Å². The SMILES string of the molecule is CC(C)Cc1oc(=O)oc1C(=O)OCc1ccccc1. The standard InChI is InChI=1S/C15H16O5/c1-10(2)8-12-13(20-15(17)19-12)14(16)18-9-11-6-4-3-5-7-11/h3-7,10H,8-9H2,1-2H3. The Balaban J connectivity index is 2.07. The van der Waals surface area contributed by atoms with Gasteiger partial charge in [-0.15, -0.1) is 0 Å². The van der Waals surface area contributed by atoms with Crippen molar-refractivity contribution in [2.24, 2.45) is 5.92 Å². The molecular formula is C15H16O5. The van der Waals surface area contributed by atoms with E-state index in [1.54, 1.807) is 0 Å². The van der Waals surface area contributed by atoms with E-state index in [-0.39, 0.29) is 24.0 Å². The van der Waals surface area contributed by atoms with E-state index in [9.17, 15) is 9.59 Å². The molecule has 0 saturated carbocycles. The summed E-state index contributed by atoms with van der Waals surface area (Å²) in [7, 11) is 0. The fraction of sp³-hybridized carbons (Fsp3) is 0.333. The van der Waals surface area contributed by atoms with Gasteiger partial charge in [-0.25, -0.2) is 9.59 Å². The van der Waals surface area contributed by atoms with Crippen LogP contribution in [0, 0.1) is 5.92 Å². The molecule has 106 valence electrons. The number of hydrogen-bond acceptors (Lipinski definition) is 5. The molecule has 0 aliphatic carbocycles. The van der Waals surface area contributed by atoms with Crippen LogP contribution in [0.1, 0.15) is 35.7 Å². The number of esters is 1. The van der Waals surface area contributed by atoms with Crippen LogP contribution < -0.4 is 5.82 Å². The first-order valence-electron chi connectivity index (χ1n) is 6.40. The van der Waals surface area contributed by atoms with Crippen LogP contribution in [-0.4, -0.2) is 5.97 Å². The number of carbonyl (C=O) groups is 1. The van der Waals surface area contributed by atoms with Crippen LogP contribution in [0.15, 0.2) is 44.0 Å². The predicted octanol–water partition coefficient (Wildman–Crippen LogP) is 2.79. The third-order valence-electron chi connectivity index (χ3n) is 2.64. The van der Waals surface area contributed by atoms with Gasteiger partial charge in [0, 0.05) is 6.42 Å². The molecule has 0 N–H and O–H groups in total. The summed E-state index contributed by atoms with van der Waals surface area (Å²) >= 11 is 0. The molecule has 1 aromatic carbocycles. The van der Waals surface area contributed by atoms with E-state index in [1.165, 1.54) is 0 Å². The molecule has 0 amide bonds. The van der Waals surface area contributed by atoms with Gasteiger partial charge in [0.05, 0.1) is 0 Å². The fourth-order valence-electron chi connectivity index (χ4n) is 1.76. The Bertz CT molecular complexity index is 621. The lowest BCUT2D eigenvalue weighted by atomic mass is 10.1. The quantitative estimate of drug-likeness (QED) is 0.785. The van der Waals surface area contributed by atoms with Gasteiger partial charge in [0.2, 0.25) is 0 Å². The zero-order valence-electron chi connectivity index (χ0n) is 11.4. The maximum absolute atomic E-state index is 11.9. The first-order chi connectivity index (χ1) is 9.56. The lowest BCUT2D eigenvalue weighted by molar-refractivity contribution is 0.0432. The third-order valence-corrected chi connectivity index (χ3v) is 2.64. The van der Waals surface area contributed by atoms with E-state index in [4.69, 9.17) is 13.6 Å². The van der Waals surface area contributed by atoms with Crippen molar-refractivity contribution in [3.63, 3.8) is 0 Å². The number of rotatable bonds is 5. The number of carbonyl (C=O) groups excluding carboxylic acids is 1. The monoisotopic (exact) mass is 276 g/mol. The zero-order valence-corrected chi connectivity index (χ0v) is 11.4. The molecule has 2 rings (SSSR count). The van der Waals surface area contributed by atoms with Crippen LogP contribution in [0.3, 0.4) is 0 Å². The van der Waals surface area contributed by atoms with E-state index < -0.39 is 11.8 Å². The van der Waals surface area contributed by atoms with Crippen molar-refractivity contribution in [1.82, 2.24) is 0 Å². The van der Waals surface area contributed by atoms with Crippen molar-refractivity contribution in [1.29, 1.82) is 0 Å². The van der Waals surface area contributed by atoms with Crippen molar-refractivity contribution >= 4 is 5.97 Å². The second-order valence-electron chi connectivity index (χ2n) is 4.87. The van der Waals surface area contributed by atoms with Crippen LogP contribution >= 0.6 is 0 Å². The molecule has 0 aliphatic heterocycles. The van der Waals surface area contributed by atoms with Crippen LogP contribution in [0.2, 0.25) is 0 Å². The van der Waals surface area contributed by atoms with Crippen molar-refractivity contribution in [3.05, 3.63) is 58.0 Å². The lowest BCUT2D eigenvalue weighted by Crippen LogP contribution is -2.08. The van der Waals surface area contributed by atoms with Gasteiger partial charge >= 0.3 is 11.8 Å². The van der Waals surface area contributed by atoms with E-state index >= 15 is 0 Å². The Kier molecular flexibility index (Phi) is 4.40. The maximum Gasteiger partial charge on any atom is 0.519 e. The van der Waals surface area contributed by atoms with Gasteiger partial charge < -0.3 is 13.6 Å². The van der Waals surface area contributed by atoms with E-state index in [1.807, 2.05) is 44.2 Å². The summed E-state index contributed by atoms with van der Waals surface area (Å²) < 4.78 is 14.8. The normalized spacial score (nSPS) is 10.8. The lowest BCUT2D eigenvalue weighted by Gasteiger charge is -2.04. The number of hydrogen-bond donors (Lipinski definition) is 0. The highest BCUT2D eigenvalue weighted by Gasteiger charge is 2.22. The second-order valence-corrected chi connectivity index (χ2v) is 4.87. The van der Waals surface area contributed by atoms with Gasteiger partial charge in [0.1, 0.15) is 6.61 Å². The van der Waals surface area contributed by atoms with Crippen LogP contribution in [0.4, 0.5) is 0 Å². The molecule has 2 aromatic rings. The third kappa shape index (κ3) is 3.60. The Morgan fingerprint density at radius 3 is 2.55 bits per heavy atom. The first kappa shape index (κ1) is 14.1. The first-order valence-corrected chi connectivity index (χ1v) is 6.40. The molecule has 0 unspecified atom stereocenters. The summed E-state index contributed by atoms with van der Waals surface area (Å²) in [6, 6.07) is 9.26. The highest BCUT2D eigenvalue weighted by molar-refractivity contribution is 5.87. The number of ether oxygens (including phenoxy) is 1. The van der Waals surface area contributed by atoms with Gasteiger partial charge in [0.15, 0.2) is 5.76 Å². The summed E-state index contributed by atoms with van der Waals surface area (Å²) in [6.45, 7) is 4.02. The van der Waals surface area contributed by atoms with Crippen LogP contribution in [0.25, 0.3) is 0 Å². The highest BCUT2D eigenvalue weighted by atomic mass is 16.6. The van der Waals surface area contributed by atoms with Gasteiger partial charge in [-0.3, -0.25) is 0 Å². The van der Waals surface area contributed by atoms with Crippen molar-refractivity contribution in [3.8, 4) is 0 Å². The minimum atomic E-state index is -0.882. The van der Waals surface area contributed by atoms with Gasteiger partial charge in [-0.05, 0) is 11.5 Å². The Hall–Kier alpha value is -2.30. The molecule has 0 fully saturated rings. The molecule has 5 nitrogen and oxygen atoms in total. The molecular weight excluding hydrogens is 260 g/mol. The molecule has 5 heteroatoms. The summed E-state index contributed by atoms with van der Waals surface area (Å²) in [5.41, 5.74) is 0.858. The maximum atomic E-state index is 11.9. The van der Waals surface area contributed by atoms with E-state index in [0.717, 1.165) is 5.56 Å². The molecule has 0 spiro atoms. The largest absolute Gasteiger partial charge is 0.519 e. The van der Waals surface area contributed by atoms with Gasteiger partial charge in [-0.2, -0.15) is 0 Å². The smallest absolute Gasteiger partial charge is 0.455 e. The molecule has 1 heterocycles. The minimum absolute atomic E-state index is 0.121. The van der Waals surface area contributed by atoms with Crippen LogP contribution in [0.5, 0.6) is 0 Å². The van der Waals surface area contributed by atoms with Crippen molar-refractivity contribution in [2.45, 2.75) is 26.9 Å². The summed E-state index contributed by atoms with van der Waals surface area (Å²) in [4.78, 5) is 23.0. The van der Waals surface area contributed by atoms with Gasteiger partial charge in [-0.1, -0.05) is 44.2 Å². The molecule has 0 bridgehead atoms. The summed E-state index contributed by atoms with van der Waals surface area (Å²) in [6.07, 6.45) is 0.446. The fourth-order valence-corrected chi connectivity index (χ4v) is 1.76. The highest BCUT2D eigenvalue weighted by Crippen LogP contribution is 2.14. The van der Waals surface area contributed by atoms with Crippen LogP contribution in [-0.2, 0) is 17.8 Å². The molecule has 0 saturated heterocycles. The van der Waals surface area contributed by atoms with E-state index in [0.29, 0.717) is 6.42 Å². The van der Waals surface area contributed by atoms with Crippen molar-refractivity contribution in [2.75, 3.05) is 0 Å².